The fourth-order valence-corrected chi connectivity index (χ4v) is 2.55. The van der Waals surface area contributed by atoms with Gasteiger partial charge in [-0.25, -0.2) is 0 Å². The number of piperazine rings is 1. The van der Waals surface area contributed by atoms with E-state index in [0.717, 1.165) is 37.4 Å². The topological polar surface area (TPSA) is 52.7 Å². The summed E-state index contributed by atoms with van der Waals surface area (Å²) < 4.78 is 0. The van der Waals surface area contributed by atoms with Gasteiger partial charge in [-0.1, -0.05) is 0 Å². The van der Waals surface area contributed by atoms with E-state index in [2.05, 4.69) is 17.3 Å². The number of anilines is 1. The molecule has 2 aliphatic rings. The van der Waals surface area contributed by atoms with E-state index < -0.39 is 0 Å². The number of hydrogen-bond donors (Lipinski definition) is 1. The Labute approximate surface area is 112 Å². The van der Waals surface area contributed by atoms with E-state index in [9.17, 15) is 9.59 Å². The summed E-state index contributed by atoms with van der Waals surface area (Å²) in [4.78, 5) is 27.8. The second kappa shape index (κ2) is 4.66. The van der Waals surface area contributed by atoms with E-state index in [1.807, 2.05) is 17.0 Å². The molecule has 0 spiro atoms. The molecule has 2 aliphatic heterocycles. The molecule has 100 valence electrons. The standard InChI is InChI=1S/C14H17N3O2/c1-16-4-6-17(7-5-16)14(19)10-2-3-12-11(8-10)9-13(18)15-12/h2-3,8H,4-7,9H2,1H3,(H,15,18). The Morgan fingerprint density at radius 3 is 2.68 bits per heavy atom. The van der Waals surface area contributed by atoms with Gasteiger partial charge in [-0.05, 0) is 30.8 Å². The Bertz CT molecular complexity index is 533. The minimum Gasteiger partial charge on any atom is -0.336 e. The molecule has 5 nitrogen and oxygen atoms in total. The number of amides is 2. The zero-order chi connectivity index (χ0) is 13.4. The summed E-state index contributed by atoms with van der Waals surface area (Å²) in [7, 11) is 2.06. The van der Waals surface area contributed by atoms with Crippen molar-refractivity contribution in [1.29, 1.82) is 0 Å². The van der Waals surface area contributed by atoms with E-state index in [1.54, 1.807) is 6.07 Å². The summed E-state index contributed by atoms with van der Waals surface area (Å²) in [6.45, 7) is 3.36. The highest BCUT2D eigenvalue weighted by Gasteiger charge is 2.23. The van der Waals surface area contributed by atoms with Gasteiger partial charge in [0.15, 0.2) is 0 Å². The molecule has 0 aliphatic carbocycles. The van der Waals surface area contributed by atoms with Crippen LogP contribution >= 0.6 is 0 Å². The van der Waals surface area contributed by atoms with Crippen molar-refractivity contribution in [2.75, 3.05) is 38.5 Å². The largest absolute Gasteiger partial charge is 0.336 e. The minimum absolute atomic E-state index is 0.000744. The Morgan fingerprint density at radius 1 is 1.21 bits per heavy atom. The Morgan fingerprint density at radius 2 is 1.95 bits per heavy atom. The molecule has 2 heterocycles. The van der Waals surface area contributed by atoms with E-state index in [-0.39, 0.29) is 11.8 Å². The van der Waals surface area contributed by atoms with Gasteiger partial charge >= 0.3 is 0 Å². The van der Waals surface area contributed by atoms with Crippen molar-refractivity contribution in [1.82, 2.24) is 9.80 Å². The van der Waals surface area contributed by atoms with Crippen LogP contribution < -0.4 is 5.32 Å². The zero-order valence-corrected chi connectivity index (χ0v) is 11.0. The molecule has 0 aromatic heterocycles. The molecule has 0 unspecified atom stereocenters. The number of nitrogens with zero attached hydrogens (tertiary/aromatic N) is 2. The highest BCUT2D eigenvalue weighted by atomic mass is 16.2. The first kappa shape index (κ1) is 12.2. The van der Waals surface area contributed by atoms with Crippen LogP contribution in [0, 0.1) is 0 Å². The van der Waals surface area contributed by atoms with Gasteiger partial charge in [0, 0.05) is 37.4 Å². The highest BCUT2D eigenvalue weighted by Crippen LogP contribution is 2.24. The second-order valence-corrected chi connectivity index (χ2v) is 5.19. The maximum absolute atomic E-state index is 12.4. The molecule has 3 rings (SSSR count). The maximum atomic E-state index is 12.4. The monoisotopic (exact) mass is 259 g/mol. The number of likely N-dealkylation sites (N-methyl/N-ethyl adjacent to an activating group) is 1. The van der Waals surface area contributed by atoms with Crippen LogP contribution in [0.5, 0.6) is 0 Å². The Hall–Kier alpha value is -1.88. The van der Waals surface area contributed by atoms with Crippen LogP contribution in [0.4, 0.5) is 5.69 Å². The lowest BCUT2D eigenvalue weighted by atomic mass is 10.1. The molecular weight excluding hydrogens is 242 g/mol. The fourth-order valence-electron chi connectivity index (χ4n) is 2.55. The molecule has 1 aromatic rings. The zero-order valence-electron chi connectivity index (χ0n) is 11.0. The molecule has 1 fully saturated rings. The summed E-state index contributed by atoms with van der Waals surface area (Å²) in [6.07, 6.45) is 0.374. The fraction of sp³-hybridized carbons (Fsp3) is 0.429. The molecular formula is C14H17N3O2. The average molecular weight is 259 g/mol. The van der Waals surface area contributed by atoms with Gasteiger partial charge in [0.2, 0.25) is 5.91 Å². The third-order valence-corrected chi connectivity index (χ3v) is 3.77. The van der Waals surface area contributed by atoms with Crippen LogP contribution in [0.2, 0.25) is 0 Å². The first-order valence-corrected chi connectivity index (χ1v) is 6.54. The number of benzene rings is 1. The quantitative estimate of drug-likeness (QED) is 0.802. The van der Waals surface area contributed by atoms with Crippen LogP contribution in [0.15, 0.2) is 18.2 Å². The number of carbonyl (C=O) groups excluding carboxylic acids is 2. The lowest BCUT2D eigenvalue weighted by Crippen LogP contribution is -2.47. The molecule has 0 radical (unpaired) electrons. The van der Waals surface area contributed by atoms with Crippen LogP contribution in [0.3, 0.4) is 0 Å². The lowest BCUT2D eigenvalue weighted by Gasteiger charge is -2.32. The number of fused-ring (bicyclic) bond motifs is 1. The molecule has 5 heteroatoms. The Kier molecular flexibility index (Phi) is 2.98. The molecule has 0 saturated carbocycles. The number of nitrogens with one attached hydrogen (secondary N) is 1. The van der Waals surface area contributed by atoms with Gasteiger partial charge in [0.05, 0.1) is 6.42 Å². The molecule has 0 atom stereocenters. The third kappa shape index (κ3) is 2.33. The maximum Gasteiger partial charge on any atom is 0.253 e. The third-order valence-electron chi connectivity index (χ3n) is 3.77. The van der Waals surface area contributed by atoms with E-state index in [1.165, 1.54) is 0 Å². The van der Waals surface area contributed by atoms with Crippen LogP contribution in [-0.4, -0.2) is 54.8 Å². The number of rotatable bonds is 1. The van der Waals surface area contributed by atoms with Gasteiger partial charge in [-0.15, -0.1) is 0 Å². The SMILES string of the molecule is CN1CCN(C(=O)c2ccc3c(c2)CC(=O)N3)CC1. The summed E-state index contributed by atoms with van der Waals surface area (Å²) in [6, 6.07) is 5.46. The highest BCUT2D eigenvalue weighted by molar-refractivity contribution is 6.01. The van der Waals surface area contributed by atoms with Crippen molar-refractivity contribution in [2.24, 2.45) is 0 Å². The molecule has 1 aromatic carbocycles. The van der Waals surface area contributed by atoms with Gasteiger partial charge in [-0.2, -0.15) is 0 Å². The van der Waals surface area contributed by atoms with Crippen LogP contribution in [0.25, 0.3) is 0 Å². The summed E-state index contributed by atoms with van der Waals surface area (Å²) >= 11 is 0. The van der Waals surface area contributed by atoms with Gasteiger partial charge in [0.25, 0.3) is 5.91 Å². The number of carbonyl (C=O) groups is 2. The van der Waals surface area contributed by atoms with E-state index in [0.29, 0.717) is 12.0 Å². The molecule has 1 saturated heterocycles. The van der Waals surface area contributed by atoms with Crippen molar-refractivity contribution < 1.29 is 9.59 Å². The molecule has 2 amide bonds. The molecule has 19 heavy (non-hydrogen) atoms. The van der Waals surface area contributed by atoms with Crippen molar-refractivity contribution in [3.63, 3.8) is 0 Å². The van der Waals surface area contributed by atoms with Crippen molar-refractivity contribution in [3.8, 4) is 0 Å². The first-order chi connectivity index (χ1) is 9.13. The summed E-state index contributed by atoms with van der Waals surface area (Å²) in [5, 5.41) is 2.78. The minimum atomic E-state index is -0.000744. The second-order valence-electron chi connectivity index (χ2n) is 5.19. The van der Waals surface area contributed by atoms with E-state index >= 15 is 0 Å². The van der Waals surface area contributed by atoms with E-state index in [4.69, 9.17) is 0 Å². The number of hydrogen-bond acceptors (Lipinski definition) is 3. The van der Waals surface area contributed by atoms with Gasteiger partial charge < -0.3 is 15.1 Å². The molecule has 1 N–H and O–H groups in total. The predicted octanol–water partition coefficient (Wildman–Crippen LogP) is 0.569. The Balaban J connectivity index is 1.77. The lowest BCUT2D eigenvalue weighted by molar-refractivity contribution is -0.115. The van der Waals surface area contributed by atoms with Gasteiger partial charge in [-0.3, -0.25) is 9.59 Å². The summed E-state index contributed by atoms with van der Waals surface area (Å²) in [5.74, 6) is 0.0643. The predicted molar refractivity (Wildman–Crippen MR) is 72.2 cm³/mol. The van der Waals surface area contributed by atoms with Crippen molar-refractivity contribution >= 4 is 17.5 Å². The smallest absolute Gasteiger partial charge is 0.253 e. The molecule has 0 bridgehead atoms. The van der Waals surface area contributed by atoms with Crippen LogP contribution in [-0.2, 0) is 11.2 Å². The van der Waals surface area contributed by atoms with Gasteiger partial charge in [0.1, 0.15) is 0 Å². The van der Waals surface area contributed by atoms with Crippen molar-refractivity contribution in [2.45, 2.75) is 6.42 Å². The normalized spacial score (nSPS) is 19.2. The average Bonchev–Trinajstić information content (AvgIpc) is 2.77. The van der Waals surface area contributed by atoms with Crippen LogP contribution in [0.1, 0.15) is 15.9 Å². The van der Waals surface area contributed by atoms with Crippen molar-refractivity contribution in [3.05, 3.63) is 29.3 Å². The summed E-state index contributed by atoms with van der Waals surface area (Å²) in [5.41, 5.74) is 2.43. The first-order valence-electron chi connectivity index (χ1n) is 6.54.